The molecular weight excluding hydrogens is 509 g/mol. The third-order valence-electron chi connectivity index (χ3n) is 6.71. The van der Waals surface area contributed by atoms with E-state index < -0.39 is 29.8 Å². The fourth-order valence-electron chi connectivity index (χ4n) is 4.59. The lowest BCUT2D eigenvalue weighted by Crippen LogP contribution is -2.30. The quantitative estimate of drug-likeness (QED) is 0.262. The number of benzene rings is 3. The van der Waals surface area contributed by atoms with Crippen LogP contribution < -0.4 is 16.6 Å². The zero-order valence-corrected chi connectivity index (χ0v) is 21.6. The number of aliphatic hydroxyl groups excluding tert-OH is 1. The fraction of sp³-hybridized carbons (Fsp3) is 0.0968. The standard InChI is InChI=1S/C31H26FN5O3/c1-37-30(40)26(20-10-12-22(32)13-11-20)28(21-14-16-34-17-15-21)35-31(37)36-29(39)25(18-38)24-9-5-8-23(27(24)33)19-6-3-2-4-7-19/h2-17,25,38H,18,33H2,1H3,(H,35,36,39)/t25-/m1/s1. The Bertz CT molecular complexity index is 1720. The van der Waals surface area contributed by atoms with E-state index in [-0.39, 0.29) is 11.5 Å². The molecule has 200 valence electrons. The Hall–Kier alpha value is -5.15. The summed E-state index contributed by atoms with van der Waals surface area (Å²) >= 11 is 0. The minimum atomic E-state index is -1.03. The van der Waals surface area contributed by atoms with Gasteiger partial charge in [-0.2, -0.15) is 0 Å². The number of nitrogens with zero attached hydrogens (tertiary/aromatic N) is 3. The largest absolute Gasteiger partial charge is 0.398 e. The molecule has 0 aliphatic heterocycles. The normalized spacial score (nSPS) is 11.7. The van der Waals surface area contributed by atoms with E-state index in [0.29, 0.717) is 28.1 Å². The minimum Gasteiger partial charge on any atom is -0.398 e. The van der Waals surface area contributed by atoms with Gasteiger partial charge in [0.05, 0.1) is 23.8 Å². The average molecular weight is 536 g/mol. The molecule has 0 spiro atoms. The van der Waals surface area contributed by atoms with Crippen LogP contribution >= 0.6 is 0 Å². The number of para-hydroxylation sites is 1. The predicted octanol–water partition coefficient (Wildman–Crippen LogP) is 4.61. The molecule has 0 bridgehead atoms. The molecule has 3 aromatic carbocycles. The SMILES string of the molecule is Cn1c(NC(=O)[C@H](CO)c2cccc(-c3ccccc3)c2N)nc(-c2ccncc2)c(-c2ccc(F)cc2)c1=O. The molecule has 5 rings (SSSR count). The van der Waals surface area contributed by atoms with E-state index >= 15 is 0 Å². The van der Waals surface area contributed by atoms with E-state index in [1.54, 1.807) is 36.7 Å². The van der Waals surface area contributed by atoms with E-state index in [2.05, 4.69) is 15.3 Å². The highest BCUT2D eigenvalue weighted by Gasteiger charge is 2.26. The van der Waals surface area contributed by atoms with Gasteiger partial charge in [-0.05, 0) is 41.0 Å². The van der Waals surface area contributed by atoms with Crippen molar-refractivity contribution in [3.05, 3.63) is 119 Å². The maximum Gasteiger partial charge on any atom is 0.263 e. The molecule has 0 saturated heterocycles. The van der Waals surface area contributed by atoms with Gasteiger partial charge in [0.1, 0.15) is 5.82 Å². The molecule has 0 aliphatic rings. The maximum absolute atomic E-state index is 13.6. The van der Waals surface area contributed by atoms with Gasteiger partial charge in [0.25, 0.3) is 5.56 Å². The molecule has 40 heavy (non-hydrogen) atoms. The van der Waals surface area contributed by atoms with Crippen LogP contribution in [0.25, 0.3) is 33.5 Å². The van der Waals surface area contributed by atoms with Crippen LogP contribution in [0.2, 0.25) is 0 Å². The van der Waals surface area contributed by atoms with Crippen LogP contribution in [0.15, 0.2) is 102 Å². The lowest BCUT2D eigenvalue weighted by atomic mass is 9.92. The second kappa shape index (κ2) is 11.3. The maximum atomic E-state index is 13.6. The molecule has 0 aliphatic carbocycles. The molecule has 0 radical (unpaired) electrons. The smallest absolute Gasteiger partial charge is 0.263 e. The number of nitrogens with one attached hydrogen (secondary N) is 1. The van der Waals surface area contributed by atoms with Gasteiger partial charge >= 0.3 is 0 Å². The van der Waals surface area contributed by atoms with E-state index in [0.717, 1.165) is 11.1 Å². The summed E-state index contributed by atoms with van der Waals surface area (Å²) in [5, 5.41) is 12.9. The highest BCUT2D eigenvalue weighted by atomic mass is 19.1. The molecule has 8 nitrogen and oxygen atoms in total. The predicted molar refractivity (Wildman–Crippen MR) is 153 cm³/mol. The van der Waals surface area contributed by atoms with Crippen LogP contribution in [-0.4, -0.2) is 32.2 Å². The molecule has 9 heteroatoms. The number of nitrogens with two attached hydrogens (primary N) is 1. The molecule has 2 heterocycles. The third kappa shape index (κ3) is 5.10. The molecule has 1 amide bonds. The van der Waals surface area contributed by atoms with Gasteiger partial charge in [0, 0.05) is 36.3 Å². The number of aliphatic hydroxyl groups is 1. The first-order valence-corrected chi connectivity index (χ1v) is 12.5. The van der Waals surface area contributed by atoms with Crippen molar-refractivity contribution in [2.24, 2.45) is 7.05 Å². The summed E-state index contributed by atoms with van der Waals surface area (Å²) in [5.41, 5.74) is 10.0. The number of nitrogen functional groups attached to an aromatic ring is 1. The first-order chi connectivity index (χ1) is 19.4. The number of carbonyl (C=O) groups excluding carboxylic acids is 1. The summed E-state index contributed by atoms with van der Waals surface area (Å²) in [6.07, 6.45) is 3.12. The van der Waals surface area contributed by atoms with Crippen LogP contribution in [0.3, 0.4) is 0 Å². The summed E-state index contributed by atoms with van der Waals surface area (Å²) in [6, 6.07) is 23.7. The van der Waals surface area contributed by atoms with Gasteiger partial charge in [-0.15, -0.1) is 0 Å². The lowest BCUT2D eigenvalue weighted by molar-refractivity contribution is -0.118. The molecule has 4 N–H and O–H groups in total. The Morgan fingerprint density at radius 3 is 2.33 bits per heavy atom. The van der Waals surface area contributed by atoms with Crippen molar-refractivity contribution in [2.75, 3.05) is 17.7 Å². The van der Waals surface area contributed by atoms with Crippen molar-refractivity contribution >= 4 is 17.5 Å². The number of hydrogen-bond acceptors (Lipinski definition) is 6. The first kappa shape index (κ1) is 26.5. The van der Waals surface area contributed by atoms with Crippen molar-refractivity contribution in [3.8, 4) is 33.5 Å². The minimum absolute atomic E-state index is 0.0242. The topological polar surface area (TPSA) is 123 Å². The number of halogens is 1. The monoisotopic (exact) mass is 535 g/mol. The number of pyridine rings is 1. The van der Waals surface area contributed by atoms with Crippen LogP contribution in [0.1, 0.15) is 11.5 Å². The van der Waals surface area contributed by atoms with Gasteiger partial charge in [0.2, 0.25) is 11.9 Å². The van der Waals surface area contributed by atoms with Crippen molar-refractivity contribution in [1.29, 1.82) is 0 Å². The number of rotatable bonds is 7. The van der Waals surface area contributed by atoms with Gasteiger partial charge in [-0.3, -0.25) is 24.5 Å². The zero-order valence-electron chi connectivity index (χ0n) is 21.6. The Balaban J connectivity index is 1.56. The highest BCUT2D eigenvalue weighted by molar-refractivity contribution is 5.97. The Labute approximate surface area is 229 Å². The fourth-order valence-corrected chi connectivity index (χ4v) is 4.59. The Morgan fingerprint density at radius 1 is 0.950 bits per heavy atom. The molecule has 1 atom stereocenters. The van der Waals surface area contributed by atoms with Crippen molar-refractivity contribution in [2.45, 2.75) is 5.92 Å². The molecule has 2 aromatic heterocycles. The summed E-state index contributed by atoms with van der Waals surface area (Å²) in [4.78, 5) is 35.8. The van der Waals surface area contributed by atoms with Crippen LogP contribution in [0.4, 0.5) is 16.0 Å². The summed E-state index contributed by atoms with van der Waals surface area (Å²) in [6.45, 7) is -0.521. The van der Waals surface area contributed by atoms with Gasteiger partial charge < -0.3 is 10.8 Å². The first-order valence-electron chi connectivity index (χ1n) is 12.5. The summed E-state index contributed by atoms with van der Waals surface area (Å²) < 4.78 is 14.8. The Kier molecular flexibility index (Phi) is 7.48. The zero-order chi connectivity index (χ0) is 28.2. The molecule has 0 unspecified atom stereocenters. The number of hydrogen-bond donors (Lipinski definition) is 3. The van der Waals surface area contributed by atoms with Crippen LogP contribution in [0.5, 0.6) is 0 Å². The number of anilines is 2. The number of amides is 1. The summed E-state index contributed by atoms with van der Waals surface area (Å²) in [5.74, 6) is -2.07. The molecule has 5 aromatic rings. The van der Waals surface area contributed by atoms with Crippen molar-refractivity contribution in [1.82, 2.24) is 14.5 Å². The van der Waals surface area contributed by atoms with E-state index in [1.165, 1.54) is 35.9 Å². The molecular formula is C31H26FN5O3. The molecule has 0 saturated carbocycles. The van der Waals surface area contributed by atoms with E-state index in [9.17, 15) is 19.1 Å². The van der Waals surface area contributed by atoms with E-state index in [4.69, 9.17) is 5.73 Å². The Morgan fingerprint density at radius 2 is 1.65 bits per heavy atom. The second-order valence-corrected chi connectivity index (χ2v) is 9.16. The van der Waals surface area contributed by atoms with Gasteiger partial charge in [-0.25, -0.2) is 9.37 Å². The average Bonchev–Trinajstić information content (AvgIpc) is 2.98. The molecule has 0 fully saturated rings. The summed E-state index contributed by atoms with van der Waals surface area (Å²) in [7, 11) is 1.48. The highest BCUT2D eigenvalue weighted by Crippen LogP contribution is 2.33. The second-order valence-electron chi connectivity index (χ2n) is 9.16. The van der Waals surface area contributed by atoms with Gasteiger partial charge in [-0.1, -0.05) is 60.7 Å². The van der Waals surface area contributed by atoms with Crippen LogP contribution in [-0.2, 0) is 11.8 Å². The van der Waals surface area contributed by atoms with Gasteiger partial charge in [0.15, 0.2) is 0 Å². The lowest BCUT2D eigenvalue weighted by Gasteiger charge is -2.20. The van der Waals surface area contributed by atoms with Crippen molar-refractivity contribution in [3.63, 3.8) is 0 Å². The van der Waals surface area contributed by atoms with Crippen LogP contribution in [0, 0.1) is 5.82 Å². The van der Waals surface area contributed by atoms with E-state index in [1.807, 2.05) is 36.4 Å². The van der Waals surface area contributed by atoms with Crippen molar-refractivity contribution < 1.29 is 14.3 Å². The number of carbonyl (C=O) groups is 1. The third-order valence-corrected chi connectivity index (χ3v) is 6.71. The number of aromatic nitrogens is 3.